The van der Waals surface area contributed by atoms with E-state index < -0.39 is 5.60 Å². The SMILES string of the molecule is CC(=O)c1ccc(C#N)cc1N1CCC(N(C)C(=O)OC(C)(C)C)CC1. The molecule has 0 saturated carbocycles. The maximum atomic E-state index is 12.2. The molecule has 1 fully saturated rings. The number of Topliss-reactive ketones (excluding diaryl/α,β-unsaturated/α-hetero) is 1. The van der Waals surface area contributed by atoms with E-state index in [1.54, 1.807) is 30.1 Å². The van der Waals surface area contributed by atoms with E-state index in [-0.39, 0.29) is 17.9 Å². The molecule has 0 N–H and O–H groups in total. The third-order valence-electron chi connectivity index (χ3n) is 4.54. The van der Waals surface area contributed by atoms with Gasteiger partial charge in [0, 0.05) is 37.4 Å². The van der Waals surface area contributed by atoms with Crippen LogP contribution in [0.4, 0.5) is 10.5 Å². The number of carbonyl (C=O) groups is 2. The Labute approximate surface area is 155 Å². The summed E-state index contributed by atoms with van der Waals surface area (Å²) < 4.78 is 5.44. The quantitative estimate of drug-likeness (QED) is 0.773. The van der Waals surface area contributed by atoms with Crippen molar-refractivity contribution in [2.24, 2.45) is 0 Å². The minimum absolute atomic E-state index is 0.0162. The van der Waals surface area contributed by atoms with Crippen LogP contribution < -0.4 is 4.90 Å². The molecule has 0 radical (unpaired) electrons. The first kappa shape index (κ1) is 19.8. The Hall–Kier alpha value is -2.55. The van der Waals surface area contributed by atoms with Crippen molar-refractivity contribution < 1.29 is 14.3 Å². The molecule has 0 bridgehead atoms. The van der Waals surface area contributed by atoms with E-state index in [0.717, 1.165) is 18.5 Å². The molecule has 1 heterocycles. The average molecular weight is 357 g/mol. The van der Waals surface area contributed by atoms with Crippen molar-refractivity contribution >= 4 is 17.6 Å². The van der Waals surface area contributed by atoms with Gasteiger partial charge in [-0.25, -0.2) is 4.79 Å². The van der Waals surface area contributed by atoms with Crippen molar-refractivity contribution in [1.29, 1.82) is 5.26 Å². The Morgan fingerprint density at radius 2 is 1.88 bits per heavy atom. The van der Waals surface area contributed by atoms with Crippen LogP contribution in [0.5, 0.6) is 0 Å². The van der Waals surface area contributed by atoms with Crippen LogP contribution in [0, 0.1) is 11.3 Å². The first-order valence-corrected chi connectivity index (χ1v) is 8.88. The van der Waals surface area contributed by atoms with Crippen LogP contribution in [0.3, 0.4) is 0 Å². The number of piperidine rings is 1. The maximum absolute atomic E-state index is 12.2. The fourth-order valence-corrected chi connectivity index (χ4v) is 3.14. The Kier molecular flexibility index (Phi) is 5.91. The molecule has 2 rings (SSSR count). The van der Waals surface area contributed by atoms with Gasteiger partial charge in [0.1, 0.15) is 5.60 Å². The summed E-state index contributed by atoms with van der Waals surface area (Å²) in [5.41, 5.74) is 1.45. The van der Waals surface area contributed by atoms with Crippen LogP contribution in [0.15, 0.2) is 18.2 Å². The van der Waals surface area contributed by atoms with Crippen molar-refractivity contribution in [2.75, 3.05) is 25.0 Å². The summed E-state index contributed by atoms with van der Waals surface area (Å²) >= 11 is 0. The summed E-state index contributed by atoms with van der Waals surface area (Å²) in [6, 6.07) is 7.39. The smallest absolute Gasteiger partial charge is 0.410 e. The van der Waals surface area contributed by atoms with Crippen LogP contribution in [-0.4, -0.2) is 48.6 Å². The van der Waals surface area contributed by atoms with Gasteiger partial charge in [-0.15, -0.1) is 0 Å². The molecule has 0 atom stereocenters. The van der Waals surface area contributed by atoms with Crippen LogP contribution in [0.2, 0.25) is 0 Å². The van der Waals surface area contributed by atoms with E-state index in [9.17, 15) is 9.59 Å². The number of ether oxygens (including phenoxy) is 1. The lowest BCUT2D eigenvalue weighted by molar-refractivity contribution is 0.0201. The van der Waals surface area contributed by atoms with Crippen molar-refractivity contribution in [2.45, 2.75) is 52.2 Å². The highest BCUT2D eigenvalue weighted by molar-refractivity contribution is 6.00. The monoisotopic (exact) mass is 357 g/mol. The average Bonchev–Trinajstić information content (AvgIpc) is 2.59. The van der Waals surface area contributed by atoms with Crippen molar-refractivity contribution in [3.63, 3.8) is 0 Å². The van der Waals surface area contributed by atoms with Gasteiger partial charge in [0.15, 0.2) is 5.78 Å². The molecule has 1 aromatic carbocycles. The van der Waals surface area contributed by atoms with Crippen LogP contribution >= 0.6 is 0 Å². The topological polar surface area (TPSA) is 73.6 Å². The van der Waals surface area contributed by atoms with Crippen molar-refractivity contribution in [3.05, 3.63) is 29.3 Å². The number of hydrogen-bond donors (Lipinski definition) is 0. The van der Waals surface area contributed by atoms with Gasteiger partial charge in [0.2, 0.25) is 0 Å². The highest BCUT2D eigenvalue weighted by Crippen LogP contribution is 2.27. The number of hydrogen-bond acceptors (Lipinski definition) is 5. The molecule has 1 aliphatic heterocycles. The highest BCUT2D eigenvalue weighted by Gasteiger charge is 2.29. The number of nitriles is 1. The van der Waals surface area contributed by atoms with Crippen LogP contribution in [0.1, 0.15) is 56.5 Å². The maximum Gasteiger partial charge on any atom is 0.410 e. The second-order valence-electron chi connectivity index (χ2n) is 7.71. The van der Waals surface area contributed by atoms with E-state index >= 15 is 0 Å². The molecule has 0 spiro atoms. The summed E-state index contributed by atoms with van der Waals surface area (Å²) in [4.78, 5) is 28.0. The van der Waals surface area contributed by atoms with Gasteiger partial charge in [-0.2, -0.15) is 5.26 Å². The first-order valence-electron chi connectivity index (χ1n) is 8.88. The molecular formula is C20H27N3O3. The Morgan fingerprint density at radius 1 is 1.27 bits per heavy atom. The number of rotatable bonds is 3. The predicted molar refractivity (Wildman–Crippen MR) is 100 cm³/mol. The molecule has 1 aliphatic rings. The normalized spacial score (nSPS) is 15.3. The second-order valence-corrected chi connectivity index (χ2v) is 7.71. The lowest BCUT2D eigenvalue weighted by atomic mass is 10.00. The minimum atomic E-state index is -0.514. The largest absolute Gasteiger partial charge is 0.444 e. The number of ketones is 1. The molecule has 1 saturated heterocycles. The molecule has 0 aliphatic carbocycles. The van der Waals surface area contributed by atoms with Gasteiger partial charge >= 0.3 is 6.09 Å². The van der Waals surface area contributed by atoms with Gasteiger partial charge in [0.05, 0.1) is 11.6 Å². The summed E-state index contributed by atoms with van der Waals surface area (Å²) in [6.45, 7) is 8.53. The molecule has 26 heavy (non-hydrogen) atoms. The van der Waals surface area contributed by atoms with Gasteiger partial charge < -0.3 is 14.5 Å². The van der Waals surface area contributed by atoms with Crippen molar-refractivity contribution in [3.8, 4) is 6.07 Å². The molecule has 140 valence electrons. The standard InChI is InChI=1S/C20H27N3O3/c1-14(24)17-7-6-15(13-21)12-18(17)23-10-8-16(9-11-23)22(5)19(25)26-20(2,3)4/h6-7,12,16H,8-11H2,1-5H3. The highest BCUT2D eigenvalue weighted by atomic mass is 16.6. The van der Waals surface area contributed by atoms with E-state index in [1.165, 1.54) is 6.92 Å². The van der Waals surface area contributed by atoms with Gasteiger partial charge in [0.25, 0.3) is 0 Å². The molecule has 6 nitrogen and oxygen atoms in total. The molecule has 0 aromatic heterocycles. The van der Waals surface area contributed by atoms with E-state index in [1.807, 2.05) is 20.8 Å². The molecular weight excluding hydrogens is 330 g/mol. The fraction of sp³-hybridized carbons (Fsp3) is 0.550. The zero-order chi connectivity index (χ0) is 19.5. The zero-order valence-corrected chi connectivity index (χ0v) is 16.2. The molecule has 1 aromatic rings. The summed E-state index contributed by atoms with van der Waals surface area (Å²) in [5, 5.41) is 9.15. The Bertz CT molecular complexity index is 723. The third kappa shape index (κ3) is 4.75. The van der Waals surface area contributed by atoms with Gasteiger partial charge in [-0.1, -0.05) is 0 Å². The van der Waals surface area contributed by atoms with Gasteiger partial charge in [-0.05, 0) is 58.7 Å². The molecule has 0 unspecified atom stereocenters. The van der Waals surface area contributed by atoms with Crippen LogP contribution in [0.25, 0.3) is 0 Å². The van der Waals surface area contributed by atoms with Crippen molar-refractivity contribution in [1.82, 2.24) is 4.90 Å². The number of nitrogens with zero attached hydrogens (tertiary/aromatic N) is 3. The number of anilines is 1. The summed E-state index contributed by atoms with van der Waals surface area (Å²) in [7, 11) is 1.77. The fourth-order valence-electron chi connectivity index (χ4n) is 3.14. The summed E-state index contributed by atoms with van der Waals surface area (Å²) in [6.07, 6.45) is 1.25. The number of carbonyl (C=O) groups excluding carboxylic acids is 2. The number of amides is 1. The zero-order valence-electron chi connectivity index (χ0n) is 16.2. The Morgan fingerprint density at radius 3 is 2.38 bits per heavy atom. The Balaban J connectivity index is 2.08. The molecule has 1 amide bonds. The minimum Gasteiger partial charge on any atom is -0.444 e. The lowest BCUT2D eigenvalue weighted by Gasteiger charge is -2.38. The van der Waals surface area contributed by atoms with E-state index in [0.29, 0.717) is 24.2 Å². The van der Waals surface area contributed by atoms with E-state index in [2.05, 4.69) is 11.0 Å². The third-order valence-corrected chi connectivity index (χ3v) is 4.54. The lowest BCUT2D eigenvalue weighted by Crippen LogP contribution is -2.47. The summed E-state index contributed by atoms with van der Waals surface area (Å²) in [5.74, 6) is -0.0162. The number of benzene rings is 1. The van der Waals surface area contributed by atoms with E-state index in [4.69, 9.17) is 10.00 Å². The van der Waals surface area contributed by atoms with Crippen LogP contribution in [-0.2, 0) is 4.74 Å². The first-order chi connectivity index (χ1) is 12.1. The second kappa shape index (κ2) is 7.77. The van der Waals surface area contributed by atoms with Gasteiger partial charge in [-0.3, -0.25) is 4.79 Å². The predicted octanol–water partition coefficient (Wildman–Crippen LogP) is 3.60. The molecule has 6 heteroatoms.